The van der Waals surface area contributed by atoms with Crippen LogP contribution in [-0.2, 0) is 4.79 Å². The Kier molecular flexibility index (Phi) is 7.10. The van der Waals surface area contributed by atoms with E-state index in [2.05, 4.69) is 5.32 Å². The molecular weight excluding hydrogens is 318 g/mol. The maximum absolute atomic E-state index is 12.6. The second-order valence-electron chi connectivity index (χ2n) is 6.13. The number of amides is 3. The summed E-state index contributed by atoms with van der Waals surface area (Å²) in [7, 11) is 0. The summed E-state index contributed by atoms with van der Waals surface area (Å²) in [4.78, 5) is 28.6. The minimum Gasteiger partial charge on any atom is -0.492 e. The lowest BCUT2D eigenvalue weighted by Gasteiger charge is -2.34. The molecule has 0 aliphatic carbocycles. The van der Waals surface area contributed by atoms with Crippen LogP contribution < -0.4 is 10.1 Å². The highest BCUT2D eigenvalue weighted by molar-refractivity contribution is 5.94. The number of carbonyl (C=O) groups is 2. The quantitative estimate of drug-likeness (QED) is 0.859. The van der Waals surface area contributed by atoms with Crippen molar-refractivity contribution >= 4 is 17.6 Å². The summed E-state index contributed by atoms with van der Waals surface area (Å²) >= 11 is 0. The van der Waals surface area contributed by atoms with Gasteiger partial charge in [0.15, 0.2) is 0 Å². The summed E-state index contributed by atoms with van der Waals surface area (Å²) in [5.74, 6) is 0.616. The number of para-hydroxylation sites is 2. The van der Waals surface area contributed by atoms with E-state index in [4.69, 9.17) is 4.74 Å². The molecule has 0 atom stereocenters. The normalized spacial score (nSPS) is 14.9. The number of benzene rings is 1. The molecule has 2 rings (SSSR count). The average molecular weight is 347 g/mol. The Bertz CT molecular complexity index is 579. The summed E-state index contributed by atoms with van der Waals surface area (Å²) in [6.45, 7) is 9.11. The highest BCUT2D eigenvalue weighted by Gasteiger charge is 2.29. The van der Waals surface area contributed by atoms with E-state index >= 15 is 0 Å². The molecule has 0 unspecified atom stereocenters. The van der Waals surface area contributed by atoms with Gasteiger partial charge in [0.1, 0.15) is 5.75 Å². The first-order chi connectivity index (χ1) is 12.1. The predicted octanol–water partition coefficient (Wildman–Crippen LogP) is 3.20. The van der Waals surface area contributed by atoms with Gasteiger partial charge in [-0.15, -0.1) is 0 Å². The first-order valence-corrected chi connectivity index (χ1v) is 9.17. The van der Waals surface area contributed by atoms with Crippen LogP contribution in [0.1, 0.15) is 33.6 Å². The van der Waals surface area contributed by atoms with Gasteiger partial charge >= 0.3 is 6.03 Å². The van der Waals surface area contributed by atoms with Crippen molar-refractivity contribution < 1.29 is 14.3 Å². The van der Waals surface area contributed by atoms with Crippen molar-refractivity contribution in [3.8, 4) is 5.75 Å². The van der Waals surface area contributed by atoms with Gasteiger partial charge in [0.05, 0.1) is 12.3 Å². The number of rotatable bonds is 6. The number of ether oxygens (including phenoxy) is 1. The zero-order valence-electron chi connectivity index (χ0n) is 15.5. The first-order valence-electron chi connectivity index (χ1n) is 9.17. The SMILES string of the molecule is CCOc1ccccc1NC(=O)C1CCN(C(=O)N(CC)CC)CC1. The van der Waals surface area contributed by atoms with Crippen LogP contribution >= 0.6 is 0 Å². The highest BCUT2D eigenvalue weighted by Crippen LogP contribution is 2.26. The van der Waals surface area contributed by atoms with Gasteiger partial charge in [-0.2, -0.15) is 0 Å². The molecule has 1 aromatic rings. The Balaban J connectivity index is 1.90. The molecule has 6 heteroatoms. The van der Waals surface area contributed by atoms with Crippen LogP contribution in [0.25, 0.3) is 0 Å². The van der Waals surface area contributed by atoms with E-state index in [0.717, 1.165) is 0 Å². The number of urea groups is 1. The molecule has 138 valence electrons. The molecule has 0 saturated carbocycles. The number of nitrogens with one attached hydrogen (secondary N) is 1. The van der Waals surface area contributed by atoms with Crippen molar-refractivity contribution in [1.29, 1.82) is 0 Å². The Morgan fingerprint density at radius 2 is 1.80 bits per heavy atom. The van der Waals surface area contributed by atoms with E-state index in [-0.39, 0.29) is 17.9 Å². The van der Waals surface area contributed by atoms with E-state index in [1.165, 1.54) is 0 Å². The van der Waals surface area contributed by atoms with E-state index in [1.54, 1.807) is 0 Å². The zero-order chi connectivity index (χ0) is 18.2. The van der Waals surface area contributed by atoms with Gasteiger partial charge in [0.2, 0.25) is 5.91 Å². The maximum Gasteiger partial charge on any atom is 0.319 e. The molecule has 3 amide bonds. The largest absolute Gasteiger partial charge is 0.492 e. The number of piperidine rings is 1. The standard InChI is InChI=1S/C19H29N3O3/c1-4-21(5-2)19(24)22-13-11-15(12-14-22)18(23)20-16-9-7-8-10-17(16)25-6-3/h7-10,15H,4-6,11-14H2,1-3H3,(H,20,23). The third kappa shape index (κ3) is 4.87. The summed E-state index contributed by atoms with van der Waals surface area (Å²) < 4.78 is 5.55. The number of nitrogens with zero attached hydrogens (tertiary/aromatic N) is 2. The van der Waals surface area contributed by atoms with Crippen molar-refractivity contribution in [3.63, 3.8) is 0 Å². The lowest BCUT2D eigenvalue weighted by Crippen LogP contribution is -2.47. The Labute approximate surface area is 150 Å². The van der Waals surface area contributed by atoms with E-state index in [9.17, 15) is 9.59 Å². The molecule has 1 saturated heterocycles. The first kappa shape index (κ1) is 19.1. The molecular formula is C19H29N3O3. The van der Waals surface area contributed by atoms with Gasteiger partial charge in [-0.25, -0.2) is 4.79 Å². The summed E-state index contributed by atoms with van der Waals surface area (Å²) in [5.41, 5.74) is 0.705. The molecule has 1 aromatic carbocycles. The fourth-order valence-corrected chi connectivity index (χ4v) is 3.11. The summed E-state index contributed by atoms with van der Waals surface area (Å²) in [6, 6.07) is 7.54. The van der Waals surface area contributed by atoms with E-state index < -0.39 is 0 Å². The fourth-order valence-electron chi connectivity index (χ4n) is 3.11. The number of anilines is 1. The number of carbonyl (C=O) groups excluding carboxylic acids is 2. The van der Waals surface area contributed by atoms with Gasteiger partial charge < -0.3 is 19.9 Å². The monoisotopic (exact) mass is 347 g/mol. The van der Waals surface area contributed by atoms with Crippen molar-refractivity contribution in [3.05, 3.63) is 24.3 Å². The van der Waals surface area contributed by atoms with Gasteiger partial charge in [0.25, 0.3) is 0 Å². The Hall–Kier alpha value is -2.24. The maximum atomic E-state index is 12.6. The highest BCUT2D eigenvalue weighted by atomic mass is 16.5. The molecule has 1 heterocycles. The van der Waals surface area contributed by atoms with Gasteiger partial charge in [-0.3, -0.25) is 4.79 Å². The third-order valence-electron chi connectivity index (χ3n) is 4.62. The second kappa shape index (κ2) is 9.30. The summed E-state index contributed by atoms with van der Waals surface area (Å²) in [5, 5.41) is 2.98. The van der Waals surface area contributed by atoms with Crippen LogP contribution in [0.5, 0.6) is 5.75 Å². The Morgan fingerprint density at radius 3 is 2.40 bits per heavy atom. The second-order valence-corrected chi connectivity index (χ2v) is 6.13. The fraction of sp³-hybridized carbons (Fsp3) is 0.579. The number of hydrogen-bond acceptors (Lipinski definition) is 3. The minimum atomic E-state index is -0.0737. The van der Waals surface area contributed by atoms with Crippen LogP contribution in [0.3, 0.4) is 0 Å². The molecule has 6 nitrogen and oxygen atoms in total. The molecule has 0 bridgehead atoms. The topological polar surface area (TPSA) is 61.9 Å². The van der Waals surface area contributed by atoms with E-state index in [0.29, 0.717) is 57.1 Å². The van der Waals surface area contributed by atoms with Crippen LogP contribution in [0.2, 0.25) is 0 Å². The van der Waals surface area contributed by atoms with Crippen LogP contribution in [0, 0.1) is 5.92 Å². The molecule has 0 spiro atoms. The summed E-state index contributed by atoms with van der Waals surface area (Å²) in [6.07, 6.45) is 1.38. The van der Waals surface area contributed by atoms with Crippen LogP contribution in [0.15, 0.2) is 24.3 Å². The van der Waals surface area contributed by atoms with Crippen molar-refractivity contribution in [2.24, 2.45) is 5.92 Å². The van der Waals surface area contributed by atoms with E-state index in [1.807, 2.05) is 54.8 Å². The number of hydrogen-bond donors (Lipinski definition) is 1. The minimum absolute atomic E-state index is 0.00194. The lowest BCUT2D eigenvalue weighted by atomic mass is 9.96. The van der Waals surface area contributed by atoms with Crippen molar-refractivity contribution in [2.45, 2.75) is 33.6 Å². The van der Waals surface area contributed by atoms with Gasteiger partial charge in [-0.1, -0.05) is 12.1 Å². The Morgan fingerprint density at radius 1 is 1.16 bits per heavy atom. The number of likely N-dealkylation sites (tertiary alicyclic amines) is 1. The lowest BCUT2D eigenvalue weighted by molar-refractivity contribution is -0.121. The smallest absolute Gasteiger partial charge is 0.319 e. The molecule has 1 fully saturated rings. The van der Waals surface area contributed by atoms with Gasteiger partial charge in [-0.05, 0) is 45.7 Å². The molecule has 1 aliphatic heterocycles. The van der Waals surface area contributed by atoms with Crippen LogP contribution in [-0.4, -0.2) is 54.5 Å². The third-order valence-corrected chi connectivity index (χ3v) is 4.62. The molecule has 0 aromatic heterocycles. The molecule has 1 aliphatic rings. The predicted molar refractivity (Wildman–Crippen MR) is 98.9 cm³/mol. The van der Waals surface area contributed by atoms with Crippen molar-refractivity contribution in [2.75, 3.05) is 38.1 Å². The van der Waals surface area contributed by atoms with Crippen molar-refractivity contribution in [1.82, 2.24) is 9.80 Å². The molecule has 25 heavy (non-hydrogen) atoms. The zero-order valence-corrected chi connectivity index (χ0v) is 15.5. The van der Waals surface area contributed by atoms with Crippen LogP contribution in [0.4, 0.5) is 10.5 Å². The molecule has 0 radical (unpaired) electrons. The van der Waals surface area contributed by atoms with Gasteiger partial charge in [0, 0.05) is 32.1 Å². The molecule has 1 N–H and O–H groups in total. The average Bonchev–Trinajstić information content (AvgIpc) is 2.64.